The summed E-state index contributed by atoms with van der Waals surface area (Å²) >= 11 is 0. The first-order valence-corrected chi connectivity index (χ1v) is 9.91. The van der Waals surface area contributed by atoms with Crippen LogP contribution in [0.1, 0.15) is 12.5 Å². The third kappa shape index (κ3) is 3.05. The van der Waals surface area contributed by atoms with E-state index in [1.54, 1.807) is 6.20 Å². The second-order valence-electron chi connectivity index (χ2n) is 7.48. The number of benzene rings is 2. The van der Waals surface area contributed by atoms with Gasteiger partial charge in [0, 0.05) is 43.6 Å². The van der Waals surface area contributed by atoms with E-state index in [1.165, 1.54) is 16.9 Å². The molecule has 1 unspecified atom stereocenters. The number of piperazine rings is 1. The lowest BCUT2D eigenvalue weighted by molar-refractivity contribution is 0.642. The van der Waals surface area contributed by atoms with Crippen LogP contribution in [0.15, 0.2) is 60.8 Å². The Bertz CT molecular complexity index is 952. The molecule has 0 aliphatic carbocycles. The van der Waals surface area contributed by atoms with Gasteiger partial charge in [-0.15, -0.1) is 5.10 Å². The Morgan fingerprint density at radius 3 is 2.39 bits per heavy atom. The predicted octanol–water partition coefficient (Wildman–Crippen LogP) is 3.28. The van der Waals surface area contributed by atoms with Crippen LogP contribution in [-0.2, 0) is 6.42 Å². The van der Waals surface area contributed by atoms with Gasteiger partial charge in [0.2, 0.25) is 0 Å². The summed E-state index contributed by atoms with van der Waals surface area (Å²) in [5, 5.41) is 8.64. The highest BCUT2D eigenvalue weighted by Crippen LogP contribution is 2.36. The fourth-order valence-electron chi connectivity index (χ4n) is 4.24. The van der Waals surface area contributed by atoms with Crippen LogP contribution in [0.5, 0.6) is 0 Å². The molecule has 2 aliphatic heterocycles. The van der Waals surface area contributed by atoms with Crippen LogP contribution >= 0.6 is 0 Å². The molecular formula is C22H24N6. The summed E-state index contributed by atoms with van der Waals surface area (Å²) in [5.41, 5.74) is 3.83. The lowest BCUT2D eigenvalue weighted by atomic mass is 10.1. The van der Waals surface area contributed by atoms with Crippen LogP contribution < -0.4 is 14.7 Å². The largest absolute Gasteiger partial charge is 0.368 e. The third-order valence-corrected chi connectivity index (χ3v) is 5.68. The zero-order valence-electron chi connectivity index (χ0n) is 16.1. The van der Waals surface area contributed by atoms with Crippen LogP contribution in [-0.4, -0.2) is 47.4 Å². The van der Waals surface area contributed by atoms with E-state index in [-0.39, 0.29) is 0 Å². The Balaban J connectivity index is 1.35. The van der Waals surface area contributed by atoms with Crippen molar-refractivity contribution < 1.29 is 0 Å². The molecule has 3 heterocycles. The van der Waals surface area contributed by atoms with Gasteiger partial charge >= 0.3 is 0 Å². The molecule has 1 atom stereocenters. The predicted molar refractivity (Wildman–Crippen MR) is 112 cm³/mol. The van der Waals surface area contributed by atoms with E-state index in [4.69, 9.17) is 4.98 Å². The van der Waals surface area contributed by atoms with Gasteiger partial charge in [0.05, 0.1) is 6.20 Å². The minimum absolute atomic E-state index is 0.337. The molecule has 0 N–H and O–H groups in total. The van der Waals surface area contributed by atoms with E-state index in [0.29, 0.717) is 12.0 Å². The van der Waals surface area contributed by atoms with Crippen LogP contribution in [0.25, 0.3) is 0 Å². The molecule has 0 amide bonds. The maximum atomic E-state index is 4.89. The Hall–Kier alpha value is -3.15. The summed E-state index contributed by atoms with van der Waals surface area (Å²) in [7, 11) is 0. The molecule has 0 radical (unpaired) electrons. The van der Waals surface area contributed by atoms with Gasteiger partial charge in [0.15, 0.2) is 5.82 Å². The Morgan fingerprint density at radius 2 is 1.57 bits per heavy atom. The Labute approximate surface area is 165 Å². The van der Waals surface area contributed by atoms with Crippen LogP contribution in [0.4, 0.5) is 23.1 Å². The first-order valence-electron chi connectivity index (χ1n) is 9.91. The molecule has 0 bridgehead atoms. The average molecular weight is 372 g/mol. The highest BCUT2D eigenvalue weighted by Gasteiger charge is 2.29. The second kappa shape index (κ2) is 7.11. The quantitative estimate of drug-likeness (QED) is 0.703. The monoisotopic (exact) mass is 372 g/mol. The fraction of sp³-hybridized carbons (Fsp3) is 0.318. The number of hydrogen-bond acceptors (Lipinski definition) is 6. The van der Waals surface area contributed by atoms with Gasteiger partial charge in [-0.2, -0.15) is 10.1 Å². The van der Waals surface area contributed by atoms with Crippen molar-refractivity contribution in [3.63, 3.8) is 0 Å². The Kier molecular flexibility index (Phi) is 4.31. The van der Waals surface area contributed by atoms with Gasteiger partial charge in [-0.05, 0) is 37.1 Å². The van der Waals surface area contributed by atoms with Crippen molar-refractivity contribution in [2.75, 3.05) is 40.9 Å². The van der Waals surface area contributed by atoms with Crippen molar-refractivity contribution in [3.8, 4) is 0 Å². The van der Waals surface area contributed by atoms with Crippen molar-refractivity contribution >= 4 is 23.1 Å². The summed E-state index contributed by atoms with van der Waals surface area (Å²) in [6, 6.07) is 19.4. The molecule has 5 rings (SSSR count). The summed E-state index contributed by atoms with van der Waals surface area (Å²) < 4.78 is 0. The molecule has 28 heavy (non-hydrogen) atoms. The summed E-state index contributed by atoms with van der Waals surface area (Å²) in [5.74, 6) is 1.61. The molecule has 2 aromatic carbocycles. The normalized spacial score (nSPS) is 19.0. The van der Waals surface area contributed by atoms with Gasteiger partial charge in [0.1, 0.15) is 0 Å². The van der Waals surface area contributed by atoms with Crippen LogP contribution in [0.3, 0.4) is 0 Å². The average Bonchev–Trinajstić information content (AvgIpc) is 3.10. The zero-order chi connectivity index (χ0) is 18.9. The number of para-hydroxylation sites is 2. The zero-order valence-corrected chi connectivity index (χ0v) is 16.1. The van der Waals surface area contributed by atoms with Crippen LogP contribution in [0, 0.1) is 0 Å². The van der Waals surface area contributed by atoms with E-state index in [2.05, 4.69) is 86.4 Å². The van der Waals surface area contributed by atoms with Crippen molar-refractivity contribution in [1.29, 1.82) is 0 Å². The number of hydrogen-bond donors (Lipinski definition) is 0. The molecule has 142 valence electrons. The highest BCUT2D eigenvalue weighted by molar-refractivity contribution is 5.67. The van der Waals surface area contributed by atoms with Gasteiger partial charge in [-0.25, -0.2) is 0 Å². The van der Waals surface area contributed by atoms with Crippen molar-refractivity contribution in [1.82, 2.24) is 15.2 Å². The standard InChI is InChI=1S/C22H24N6/c1-17-15-18-7-5-6-10-20(18)28(17)22-24-21(16-23-25-22)27-13-11-26(12-14-27)19-8-3-2-4-9-19/h2-10,16-17H,11-15H2,1H3. The van der Waals surface area contributed by atoms with Gasteiger partial charge < -0.3 is 14.7 Å². The summed E-state index contributed by atoms with van der Waals surface area (Å²) in [6.07, 6.45) is 2.80. The summed E-state index contributed by atoms with van der Waals surface area (Å²) in [6.45, 7) is 6.03. The minimum atomic E-state index is 0.337. The first kappa shape index (κ1) is 17.0. The van der Waals surface area contributed by atoms with Crippen LogP contribution in [0.2, 0.25) is 0 Å². The first-order chi connectivity index (χ1) is 13.8. The van der Waals surface area contributed by atoms with E-state index in [0.717, 1.165) is 38.4 Å². The molecule has 1 saturated heterocycles. The van der Waals surface area contributed by atoms with Crippen molar-refractivity contribution in [3.05, 3.63) is 66.4 Å². The topological polar surface area (TPSA) is 48.4 Å². The lowest BCUT2D eigenvalue weighted by Crippen LogP contribution is -2.47. The number of nitrogens with zero attached hydrogens (tertiary/aromatic N) is 6. The molecule has 6 heteroatoms. The second-order valence-corrected chi connectivity index (χ2v) is 7.48. The van der Waals surface area contributed by atoms with Crippen molar-refractivity contribution in [2.45, 2.75) is 19.4 Å². The van der Waals surface area contributed by atoms with E-state index >= 15 is 0 Å². The highest BCUT2D eigenvalue weighted by atomic mass is 15.4. The maximum absolute atomic E-state index is 4.89. The van der Waals surface area contributed by atoms with E-state index in [9.17, 15) is 0 Å². The molecule has 0 spiro atoms. The molecular weight excluding hydrogens is 348 g/mol. The van der Waals surface area contributed by atoms with Gasteiger partial charge in [-0.3, -0.25) is 0 Å². The van der Waals surface area contributed by atoms with E-state index in [1.807, 2.05) is 0 Å². The lowest BCUT2D eigenvalue weighted by Gasteiger charge is -2.36. The Morgan fingerprint density at radius 1 is 0.857 bits per heavy atom. The number of fused-ring (bicyclic) bond motifs is 1. The molecule has 6 nitrogen and oxygen atoms in total. The van der Waals surface area contributed by atoms with Crippen molar-refractivity contribution in [2.24, 2.45) is 0 Å². The molecule has 2 aliphatic rings. The van der Waals surface area contributed by atoms with Gasteiger partial charge in [-0.1, -0.05) is 36.4 Å². The summed E-state index contributed by atoms with van der Waals surface area (Å²) in [4.78, 5) is 11.8. The SMILES string of the molecule is CC1Cc2ccccc2N1c1nncc(N2CCN(c3ccccc3)CC2)n1. The fourth-order valence-corrected chi connectivity index (χ4v) is 4.24. The molecule has 1 aromatic heterocycles. The molecule has 1 fully saturated rings. The van der Waals surface area contributed by atoms with Gasteiger partial charge in [0.25, 0.3) is 5.95 Å². The smallest absolute Gasteiger partial charge is 0.252 e. The molecule has 0 saturated carbocycles. The maximum Gasteiger partial charge on any atom is 0.252 e. The third-order valence-electron chi connectivity index (χ3n) is 5.68. The minimum Gasteiger partial charge on any atom is -0.368 e. The number of anilines is 4. The van der Waals surface area contributed by atoms with E-state index < -0.39 is 0 Å². The number of rotatable bonds is 3. The molecule has 3 aromatic rings. The number of aromatic nitrogens is 3.